The summed E-state index contributed by atoms with van der Waals surface area (Å²) in [5, 5.41) is 16.9. The standard InChI is InChI=1S/C39H24N2/c40-25-26-17-21-38-36(23-26)37-24-28(18-22-39(37)41(38)29-11-2-1-3-12-29)31-19-20-35(34-15-7-6-14-32(31)34)33-16-8-10-27-9-4-5-13-30(27)33/h1-24H. The summed E-state index contributed by atoms with van der Waals surface area (Å²) in [6, 6.07) is 53.8. The third-order valence-electron chi connectivity index (χ3n) is 8.22. The van der Waals surface area contributed by atoms with Gasteiger partial charge >= 0.3 is 0 Å². The average molecular weight is 521 g/mol. The van der Waals surface area contributed by atoms with Gasteiger partial charge in [-0.05, 0) is 86.3 Å². The van der Waals surface area contributed by atoms with Crippen LogP contribution in [0.15, 0.2) is 146 Å². The molecule has 0 bridgehead atoms. The van der Waals surface area contributed by atoms with Crippen molar-refractivity contribution in [2.75, 3.05) is 0 Å². The lowest BCUT2D eigenvalue weighted by atomic mass is 9.90. The molecule has 0 atom stereocenters. The summed E-state index contributed by atoms with van der Waals surface area (Å²) in [5.74, 6) is 0. The number of para-hydroxylation sites is 1. The lowest BCUT2D eigenvalue weighted by Gasteiger charge is -2.14. The van der Waals surface area contributed by atoms with Crippen LogP contribution in [0, 0.1) is 11.3 Å². The largest absolute Gasteiger partial charge is 0.309 e. The summed E-state index contributed by atoms with van der Waals surface area (Å²) >= 11 is 0. The van der Waals surface area contributed by atoms with E-state index in [4.69, 9.17) is 0 Å². The average Bonchev–Trinajstić information content (AvgIpc) is 3.37. The van der Waals surface area contributed by atoms with Gasteiger partial charge in [-0.1, -0.05) is 103 Å². The topological polar surface area (TPSA) is 28.7 Å². The van der Waals surface area contributed by atoms with Crippen LogP contribution in [0.2, 0.25) is 0 Å². The number of rotatable bonds is 3. The zero-order chi connectivity index (χ0) is 27.3. The lowest BCUT2D eigenvalue weighted by molar-refractivity contribution is 1.18. The second-order valence-corrected chi connectivity index (χ2v) is 10.5. The summed E-state index contributed by atoms with van der Waals surface area (Å²) in [6.07, 6.45) is 0. The van der Waals surface area contributed by atoms with Crippen molar-refractivity contribution in [1.82, 2.24) is 4.57 Å². The molecule has 0 fully saturated rings. The van der Waals surface area contributed by atoms with Crippen molar-refractivity contribution in [2.45, 2.75) is 0 Å². The van der Waals surface area contributed by atoms with Gasteiger partial charge in [-0.3, -0.25) is 0 Å². The quantitative estimate of drug-likeness (QED) is 0.228. The van der Waals surface area contributed by atoms with E-state index in [2.05, 4.69) is 138 Å². The van der Waals surface area contributed by atoms with E-state index >= 15 is 0 Å². The Labute approximate surface area is 238 Å². The predicted octanol–water partition coefficient (Wildman–Crippen LogP) is 10.3. The van der Waals surface area contributed by atoms with Crippen LogP contribution in [-0.4, -0.2) is 4.57 Å². The Kier molecular flexibility index (Phi) is 5.23. The number of fused-ring (bicyclic) bond motifs is 5. The highest BCUT2D eigenvalue weighted by Gasteiger charge is 2.16. The maximum Gasteiger partial charge on any atom is 0.0991 e. The van der Waals surface area contributed by atoms with Crippen LogP contribution in [0.5, 0.6) is 0 Å². The van der Waals surface area contributed by atoms with E-state index in [1.807, 2.05) is 18.2 Å². The van der Waals surface area contributed by atoms with E-state index < -0.39 is 0 Å². The highest BCUT2D eigenvalue weighted by Crippen LogP contribution is 2.40. The molecule has 1 aromatic heterocycles. The fraction of sp³-hybridized carbons (Fsp3) is 0. The van der Waals surface area contributed by atoms with Gasteiger partial charge in [-0.15, -0.1) is 0 Å². The number of hydrogen-bond donors (Lipinski definition) is 0. The molecule has 7 aromatic carbocycles. The van der Waals surface area contributed by atoms with E-state index in [0.29, 0.717) is 5.56 Å². The molecule has 2 heteroatoms. The number of nitriles is 1. The highest BCUT2D eigenvalue weighted by molar-refractivity contribution is 6.13. The molecule has 0 unspecified atom stereocenters. The van der Waals surface area contributed by atoms with E-state index in [-0.39, 0.29) is 0 Å². The number of aromatic nitrogens is 1. The normalized spacial score (nSPS) is 11.4. The van der Waals surface area contributed by atoms with Gasteiger partial charge in [-0.25, -0.2) is 0 Å². The summed E-state index contributed by atoms with van der Waals surface area (Å²) in [7, 11) is 0. The van der Waals surface area contributed by atoms with Gasteiger partial charge < -0.3 is 4.57 Å². The molecule has 1 heterocycles. The molecular weight excluding hydrogens is 496 g/mol. The molecule has 0 aliphatic heterocycles. The molecular formula is C39H24N2. The number of nitrogens with zero attached hydrogens (tertiary/aromatic N) is 2. The van der Waals surface area contributed by atoms with Crippen LogP contribution >= 0.6 is 0 Å². The lowest BCUT2D eigenvalue weighted by Crippen LogP contribution is -1.93. The Morgan fingerprint density at radius 1 is 0.439 bits per heavy atom. The maximum absolute atomic E-state index is 9.67. The van der Waals surface area contributed by atoms with Crippen molar-refractivity contribution in [3.63, 3.8) is 0 Å². The molecule has 0 aliphatic carbocycles. The first-order valence-corrected chi connectivity index (χ1v) is 13.8. The Morgan fingerprint density at radius 2 is 1.05 bits per heavy atom. The van der Waals surface area contributed by atoms with Gasteiger partial charge in [0, 0.05) is 16.5 Å². The van der Waals surface area contributed by atoms with Crippen LogP contribution in [-0.2, 0) is 0 Å². The highest BCUT2D eigenvalue weighted by atomic mass is 15.0. The molecule has 0 aliphatic rings. The maximum atomic E-state index is 9.67. The summed E-state index contributed by atoms with van der Waals surface area (Å²) in [6.45, 7) is 0. The van der Waals surface area contributed by atoms with E-state index in [1.165, 1.54) is 38.2 Å². The van der Waals surface area contributed by atoms with Crippen molar-refractivity contribution in [3.8, 4) is 34.0 Å². The first-order valence-electron chi connectivity index (χ1n) is 13.8. The van der Waals surface area contributed by atoms with Crippen LogP contribution in [0.1, 0.15) is 5.56 Å². The SMILES string of the molecule is N#Cc1ccc2c(c1)c1cc(-c3ccc(-c4cccc5ccccc45)c4ccccc34)ccc1n2-c1ccccc1. The molecule has 0 amide bonds. The third kappa shape index (κ3) is 3.64. The molecule has 0 spiro atoms. The Hall–Kier alpha value is -5.65. The van der Waals surface area contributed by atoms with Gasteiger partial charge in [0.25, 0.3) is 0 Å². The van der Waals surface area contributed by atoms with Crippen LogP contribution in [0.25, 0.3) is 71.3 Å². The van der Waals surface area contributed by atoms with E-state index in [9.17, 15) is 5.26 Å². The monoisotopic (exact) mass is 520 g/mol. The van der Waals surface area contributed by atoms with Crippen molar-refractivity contribution in [3.05, 3.63) is 151 Å². The van der Waals surface area contributed by atoms with Gasteiger partial charge in [0.1, 0.15) is 0 Å². The molecule has 0 saturated carbocycles. The molecule has 8 aromatic rings. The van der Waals surface area contributed by atoms with Crippen molar-refractivity contribution < 1.29 is 0 Å². The van der Waals surface area contributed by atoms with Crippen molar-refractivity contribution in [1.29, 1.82) is 5.26 Å². The minimum absolute atomic E-state index is 0.667. The fourth-order valence-corrected chi connectivity index (χ4v) is 6.36. The smallest absolute Gasteiger partial charge is 0.0991 e. The number of benzene rings is 7. The van der Waals surface area contributed by atoms with Gasteiger partial charge in [0.15, 0.2) is 0 Å². The van der Waals surface area contributed by atoms with Gasteiger partial charge in [0.2, 0.25) is 0 Å². The molecule has 0 saturated heterocycles. The second-order valence-electron chi connectivity index (χ2n) is 10.5. The minimum Gasteiger partial charge on any atom is -0.309 e. The molecule has 0 radical (unpaired) electrons. The van der Waals surface area contributed by atoms with Crippen molar-refractivity contribution in [2.24, 2.45) is 0 Å². The summed E-state index contributed by atoms with van der Waals surface area (Å²) < 4.78 is 2.29. The van der Waals surface area contributed by atoms with E-state index in [0.717, 1.165) is 33.1 Å². The molecule has 41 heavy (non-hydrogen) atoms. The Morgan fingerprint density at radius 3 is 1.85 bits per heavy atom. The van der Waals surface area contributed by atoms with Crippen LogP contribution in [0.4, 0.5) is 0 Å². The zero-order valence-corrected chi connectivity index (χ0v) is 22.3. The van der Waals surface area contributed by atoms with Crippen molar-refractivity contribution >= 4 is 43.4 Å². The Balaban J connectivity index is 1.38. The first kappa shape index (κ1) is 23.3. The molecule has 190 valence electrons. The first-order chi connectivity index (χ1) is 20.3. The summed E-state index contributed by atoms with van der Waals surface area (Å²) in [4.78, 5) is 0. The van der Waals surface area contributed by atoms with Gasteiger partial charge in [0.05, 0.1) is 22.7 Å². The predicted molar refractivity (Wildman–Crippen MR) is 171 cm³/mol. The molecule has 2 nitrogen and oxygen atoms in total. The van der Waals surface area contributed by atoms with Crippen LogP contribution < -0.4 is 0 Å². The minimum atomic E-state index is 0.667. The fourth-order valence-electron chi connectivity index (χ4n) is 6.36. The molecule has 0 N–H and O–H groups in total. The second kappa shape index (κ2) is 9.23. The Bertz CT molecular complexity index is 2310. The van der Waals surface area contributed by atoms with Crippen LogP contribution in [0.3, 0.4) is 0 Å². The molecule has 8 rings (SSSR count). The van der Waals surface area contributed by atoms with Gasteiger partial charge in [-0.2, -0.15) is 5.26 Å². The third-order valence-corrected chi connectivity index (χ3v) is 8.22. The summed E-state index contributed by atoms with van der Waals surface area (Å²) in [5.41, 5.74) is 8.84. The zero-order valence-electron chi connectivity index (χ0n) is 22.3. The van der Waals surface area contributed by atoms with E-state index in [1.54, 1.807) is 0 Å². The number of hydrogen-bond acceptors (Lipinski definition) is 1.